The van der Waals surface area contributed by atoms with Gasteiger partial charge in [-0.2, -0.15) is 5.10 Å². The van der Waals surface area contributed by atoms with Crippen LogP contribution in [0.5, 0.6) is 0 Å². The number of rotatable bonds is 9. The summed E-state index contributed by atoms with van der Waals surface area (Å²) in [4.78, 5) is 0. The van der Waals surface area contributed by atoms with Crippen LogP contribution >= 0.6 is 0 Å². The molecule has 0 aliphatic carbocycles. The molecule has 0 bridgehead atoms. The van der Waals surface area contributed by atoms with Crippen LogP contribution in [0, 0.1) is 6.92 Å². The van der Waals surface area contributed by atoms with Crippen molar-refractivity contribution in [3.63, 3.8) is 0 Å². The second kappa shape index (κ2) is 8.24. The molecule has 0 fully saturated rings. The summed E-state index contributed by atoms with van der Waals surface area (Å²) in [7, 11) is 1.93. The van der Waals surface area contributed by atoms with E-state index in [0.29, 0.717) is 13.2 Å². The first-order valence-corrected chi connectivity index (χ1v) is 6.59. The molecule has 0 amide bonds. The summed E-state index contributed by atoms with van der Waals surface area (Å²) < 4.78 is 7.21. The number of hydrogen-bond donors (Lipinski definition) is 2. The molecular weight excluding hydrogens is 230 g/mol. The molecular formula is C13H25N3O2. The van der Waals surface area contributed by atoms with Gasteiger partial charge < -0.3 is 15.2 Å². The molecule has 18 heavy (non-hydrogen) atoms. The molecule has 1 heterocycles. The number of aryl methyl sites for hydroxylation is 1. The van der Waals surface area contributed by atoms with Crippen LogP contribution in [0.15, 0.2) is 6.20 Å². The lowest BCUT2D eigenvalue weighted by atomic mass is 10.2. The van der Waals surface area contributed by atoms with Crippen LogP contribution in [0.4, 0.5) is 0 Å². The van der Waals surface area contributed by atoms with Gasteiger partial charge in [0.1, 0.15) is 0 Å². The molecule has 0 aliphatic rings. The highest BCUT2D eigenvalue weighted by molar-refractivity contribution is 5.15. The molecule has 2 N–H and O–H groups in total. The summed E-state index contributed by atoms with van der Waals surface area (Å²) in [5.41, 5.74) is 2.31. The van der Waals surface area contributed by atoms with E-state index in [2.05, 4.69) is 17.3 Å². The van der Waals surface area contributed by atoms with Crippen molar-refractivity contribution < 1.29 is 9.84 Å². The van der Waals surface area contributed by atoms with Gasteiger partial charge in [0.2, 0.25) is 0 Å². The number of unbranched alkanes of at least 4 members (excludes halogenated alkanes) is 1. The van der Waals surface area contributed by atoms with Crippen LogP contribution in [-0.2, 0) is 18.3 Å². The van der Waals surface area contributed by atoms with E-state index in [9.17, 15) is 5.11 Å². The first kappa shape index (κ1) is 15.1. The summed E-state index contributed by atoms with van der Waals surface area (Å²) >= 11 is 0. The summed E-state index contributed by atoms with van der Waals surface area (Å²) in [6.45, 7) is 6.56. The third-order valence-corrected chi connectivity index (χ3v) is 2.98. The monoisotopic (exact) mass is 255 g/mol. The summed E-state index contributed by atoms with van der Waals surface area (Å²) in [5, 5.41) is 17.1. The maximum Gasteiger partial charge on any atom is 0.0897 e. The van der Waals surface area contributed by atoms with Gasteiger partial charge in [0.05, 0.1) is 18.9 Å². The fourth-order valence-corrected chi connectivity index (χ4v) is 1.62. The van der Waals surface area contributed by atoms with Crippen molar-refractivity contribution in [3.05, 3.63) is 17.5 Å². The molecule has 1 aromatic heterocycles. The SMILES string of the molecule is CCCCOCC(O)CNCc1cnn(C)c1C. The Morgan fingerprint density at radius 3 is 2.94 bits per heavy atom. The molecule has 5 heteroatoms. The minimum Gasteiger partial charge on any atom is -0.389 e. The van der Waals surface area contributed by atoms with Crippen LogP contribution in [-0.4, -0.2) is 40.7 Å². The lowest BCUT2D eigenvalue weighted by molar-refractivity contribution is 0.0358. The van der Waals surface area contributed by atoms with Gasteiger partial charge in [0.25, 0.3) is 0 Å². The fourth-order valence-electron chi connectivity index (χ4n) is 1.62. The molecule has 0 aromatic carbocycles. The van der Waals surface area contributed by atoms with Crippen LogP contribution in [0.3, 0.4) is 0 Å². The van der Waals surface area contributed by atoms with Crippen LogP contribution in [0.2, 0.25) is 0 Å². The predicted octanol–water partition coefficient (Wildman–Crippen LogP) is 0.996. The van der Waals surface area contributed by atoms with Gasteiger partial charge in [-0.3, -0.25) is 4.68 Å². The number of aliphatic hydroxyl groups is 1. The van der Waals surface area contributed by atoms with E-state index in [1.54, 1.807) is 0 Å². The molecule has 0 spiro atoms. The molecule has 1 atom stereocenters. The highest BCUT2D eigenvalue weighted by Crippen LogP contribution is 2.04. The van der Waals surface area contributed by atoms with E-state index in [1.807, 2.05) is 24.9 Å². The van der Waals surface area contributed by atoms with Crippen molar-refractivity contribution in [2.75, 3.05) is 19.8 Å². The average Bonchev–Trinajstić information content (AvgIpc) is 2.67. The molecule has 0 radical (unpaired) electrons. The lowest BCUT2D eigenvalue weighted by Gasteiger charge is -2.12. The van der Waals surface area contributed by atoms with E-state index in [-0.39, 0.29) is 0 Å². The molecule has 0 saturated carbocycles. The standard InChI is InChI=1S/C13H25N3O2/c1-4-5-6-18-10-13(17)9-14-7-12-8-15-16(3)11(12)2/h8,13-14,17H,4-7,9-10H2,1-3H3. The predicted molar refractivity (Wildman–Crippen MR) is 71.4 cm³/mol. The second-order valence-electron chi connectivity index (χ2n) is 4.59. The maximum absolute atomic E-state index is 9.69. The number of hydrogen-bond acceptors (Lipinski definition) is 4. The van der Waals surface area contributed by atoms with Gasteiger partial charge in [-0.15, -0.1) is 0 Å². The minimum atomic E-state index is -0.446. The van der Waals surface area contributed by atoms with E-state index in [4.69, 9.17) is 4.74 Å². The minimum absolute atomic E-state index is 0.402. The van der Waals surface area contributed by atoms with Crippen molar-refractivity contribution in [1.29, 1.82) is 0 Å². The third-order valence-electron chi connectivity index (χ3n) is 2.98. The molecule has 1 aromatic rings. The van der Waals surface area contributed by atoms with Gasteiger partial charge in [-0.25, -0.2) is 0 Å². The third kappa shape index (κ3) is 5.16. The zero-order chi connectivity index (χ0) is 13.4. The van der Waals surface area contributed by atoms with Crippen LogP contribution in [0.25, 0.3) is 0 Å². The van der Waals surface area contributed by atoms with Gasteiger partial charge in [-0.1, -0.05) is 13.3 Å². The zero-order valence-electron chi connectivity index (χ0n) is 11.6. The largest absolute Gasteiger partial charge is 0.389 e. The van der Waals surface area contributed by atoms with Crippen LogP contribution in [0.1, 0.15) is 31.0 Å². The second-order valence-corrected chi connectivity index (χ2v) is 4.59. The summed E-state index contributed by atoms with van der Waals surface area (Å²) in [6, 6.07) is 0. The number of ether oxygens (including phenoxy) is 1. The van der Waals surface area contributed by atoms with E-state index < -0.39 is 6.10 Å². The Balaban J connectivity index is 2.11. The van der Waals surface area contributed by atoms with Crippen molar-refractivity contribution in [2.45, 2.75) is 39.3 Å². The lowest BCUT2D eigenvalue weighted by Crippen LogP contribution is -2.30. The van der Waals surface area contributed by atoms with E-state index in [0.717, 1.165) is 37.3 Å². The van der Waals surface area contributed by atoms with Crippen molar-refractivity contribution >= 4 is 0 Å². The Bertz CT molecular complexity index is 339. The van der Waals surface area contributed by atoms with Crippen molar-refractivity contribution in [3.8, 4) is 0 Å². The van der Waals surface area contributed by atoms with Crippen molar-refractivity contribution in [1.82, 2.24) is 15.1 Å². The summed E-state index contributed by atoms with van der Waals surface area (Å²) in [5.74, 6) is 0. The Morgan fingerprint density at radius 2 is 2.33 bits per heavy atom. The quantitative estimate of drug-likeness (QED) is 0.646. The Kier molecular flexibility index (Phi) is 6.93. The number of aromatic nitrogens is 2. The number of aliphatic hydroxyl groups excluding tert-OH is 1. The van der Waals surface area contributed by atoms with Gasteiger partial charge in [0, 0.05) is 38.0 Å². The van der Waals surface area contributed by atoms with Gasteiger partial charge >= 0.3 is 0 Å². The Labute approximate surface area is 109 Å². The first-order valence-electron chi connectivity index (χ1n) is 6.59. The number of nitrogens with one attached hydrogen (secondary N) is 1. The molecule has 0 saturated heterocycles. The topological polar surface area (TPSA) is 59.3 Å². The maximum atomic E-state index is 9.69. The molecule has 1 unspecified atom stereocenters. The summed E-state index contributed by atoms with van der Waals surface area (Å²) in [6.07, 6.45) is 3.58. The van der Waals surface area contributed by atoms with Gasteiger partial charge in [-0.05, 0) is 13.3 Å². The van der Waals surface area contributed by atoms with E-state index in [1.165, 1.54) is 0 Å². The Morgan fingerprint density at radius 1 is 1.56 bits per heavy atom. The van der Waals surface area contributed by atoms with Crippen molar-refractivity contribution in [2.24, 2.45) is 7.05 Å². The smallest absolute Gasteiger partial charge is 0.0897 e. The molecule has 104 valence electrons. The van der Waals surface area contributed by atoms with Crippen LogP contribution < -0.4 is 5.32 Å². The number of nitrogens with zero attached hydrogens (tertiary/aromatic N) is 2. The molecule has 5 nitrogen and oxygen atoms in total. The fraction of sp³-hybridized carbons (Fsp3) is 0.769. The van der Waals surface area contributed by atoms with E-state index >= 15 is 0 Å². The highest BCUT2D eigenvalue weighted by atomic mass is 16.5. The van der Waals surface area contributed by atoms with Gasteiger partial charge in [0.15, 0.2) is 0 Å². The first-order chi connectivity index (χ1) is 8.65. The normalized spacial score (nSPS) is 12.9. The molecule has 1 rings (SSSR count). The highest BCUT2D eigenvalue weighted by Gasteiger charge is 2.06. The Hall–Kier alpha value is -0.910. The average molecular weight is 255 g/mol. The molecule has 0 aliphatic heterocycles. The zero-order valence-corrected chi connectivity index (χ0v) is 11.6.